The van der Waals surface area contributed by atoms with Crippen molar-refractivity contribution in [2.24, 2.45) is 0 Å². The number of rotatable bonds is 9. The Morgan fingerprint density at radius 2 is 2.03 bits per heavy atom. The molecule has 3 aromatic heterocycles. The number of carbonyl (C=O) groups excluding carboxylic acids is 1. The molecule has 2 atom stereocenters. The van der Waals surface area contributed by atoms with Gasteiger partial charge in [-0.3, -0.25) is 24.7 Å². The SMILES string of the molecule is CC1CN(CCC(=O)O)CCN1c1cnc(C(=O)Nc2nc(-c3cc(Br)cs3)c(CN3CCC[C@H]3C)s2)cn1. The van der Waals surface area contributed by atoms with Crippen LogP contribution in [0, 0.1) is 0 Å². The lowest BCUT2D eigenvalue weighted by Crippen LogP contribution is -2.52. The Kier molecular flexibility index (Phi) is 8.92. The number of anilines is 2. The average Bonchev–Trinajstić information content (AvgIpc) is 3.63. The van der Waals surface area contributed by atoms with E-state index < -0.39 is 5.97 Å². The minimum atomic E-state index is -0.782. The highest BCUT2D eigenvalue weighted by atomic mass is 79.9. The van der Waals surface area contributed by atoms with E-state index in [1.165, 1.54) is 30.4 Å². The van der Waals surface area contributed by atoms with E-state index in [9.17, 15) is 9.59 Å². The summed E-state index contributed by atoms with van der Waals surface area (Å²) in [4.78, 5) is 46.7. The van der Waals surface area contributed by atoms with Gasteiger partial charge in [0.2, 0.25) is 0 Å². The van der Waals surface area contributed by atoms with Gasteiger partial charge in [0.1, 0.15) is 11.5 Å². The third-order valence-corrected chi connectivity index (χ3v) is 9.93. The van der Waals surface area contributed by atoms with Crippen LogP contribution >= 0.6 is 38.6 Å². The molecular formula is C26H32BrN7O3S2. The van der Waals surface area contributed by atoms with E-state index in [0.717, 1.165) is 52.6 Å². The molecule has 5 rings (SSSR count). The molecule has 2 fully saturated rings. The molecule has 10 nitrogen and oxygen atoms in total. The molecule has 5 heterocycles. The Balaban J connectivity index is 1.25. The van der Waals surface area contributed by atoms with Crippen LogP contribution in [-0.4, -0.2) is 86.5 Å². The maximum absolute atomic E-state index is 13.1. The molecule has 2 N–H and O–H groups in total. The number of nitrogens with zero attached hydrogens (tertiary/aromatic N) is 6. The molecular weight excluding hydrogens is 602 g/mol. The summed E-state index contributed by atoms with van der Waals surface area (Å²) in [6.07, 6.45) is 5.69. The van der Waals surface area contributed by atoms with Crippen LogP contribution in [0.2, 0.25) is 0 Å². The highest BCUT2D eigenvalue weighted by Gasteiger charge is 2.27. The number of amides is 1. The Hall–Kier alpha value is -2.45. The molecule has 3 aromatic rings. The number of piperazine rings is 1. The topological polar surface area (TPSA) is 115 Å². The molecule has 1 unspecified atom stereocenters. The normalized spacial score (nSPS) is 20.4. The van der Waals surface area contributed by atoms with Crippen LogP contribution in [0.15, 0.2) is 28.3 Å². The van der Waals surface area contributed by atoms with E-state index in [1.54, 1.807) is 17.5 Å². The van der Waals surface area contributed by atoms with Gasteiger partial charge >= 0.3 is 5.97 Å². The summed E-state index contributed by atoms with van der Waals surface area (Å²) < 4.78 is 1.02. The standard InChI is InChI=1S/C26H32BrN7O3S2/c1-16-4-3-6-33(16)14-21-24(20-10-18(27)15-38-20)30-26(39-21)31-25(37)19-11-29-22(12-28-19)34-9-8-32(13-17(34)2)7-5-23(35)36/h10-12,15-17H,3-9,13-14H2,1-2H3,(H,35,36)(H,30,31,37)/t16-,17?/m1/s1. The predicted octanol–water partition coefficient (Wildman–Crippen LogP) is 4.65. The highest BCUT2D eigenvalue weighted by molar-refractivity contribution is 9.10. The molecule has 0 bridgehead atoms. The van der Waals surface area contributed by atoms with Crippen LogP contribution in [-0.2, 0) is 11.3 Å². The van der Waals surface area contributed by atoms with Gasteiger partial charge in [-0.2, -0.15) is 0 Å². The van der Waals surface area contributed by atoms with Crippen LogP contribution in [0.1, 0.15) is 48.5 Å². The molecule has 2 aliphatic rings. The molecule has 39 heavy (non-hydrogen) atoms. The fraction of sp³-hybridized carbons (Fsp3) is 0.500. The molecule has 0 spiro atoms. The van der Waals surface area contributed by atoms with Crippen molar-refractivity contribution in [1.29, 1.82) is 0 Å². The van der Waals surface area contributed by atoms with E-state index in [1.807, 2.05) is 5.38 Å². The van der Waals surface area contributed by atoms with Crippen LogP contribution in [0.25, 0.3) is 10.6 Å². The fourth-order valence-electron chi connectivity index (χ4n) is 5.13. The molecule has 0 aromatic carbocycles. The second-order valence-corrected chi connectivity index (χ2v) is 13.0. The number of carboxylic acids is 1. The lowest BCUT2D eigenvalue weighted by molar-refractivity contribution is -0.137. The Labute approximate surface area is 244 Å². The van der Waals surface area contributed by atoms with Crippen molar-refractivity contribution in [2.75, 3.05) is 42.9 Å². The average molecular weight is 635 g/mol. The zero-order valence-corrected chi connectivity index (χ0v) is 25.2. The lowest BCUT2D eigenvalue weighted by atomic mass is 10.2. The summed E-state index contributed by atoms with van der Waals surface area (Å²) in [6, 6.07) is 2.76. The summed E-state index contributed by atoms with van der Waals surface area (Å²) in [5, 5.41) is 14.5. The van der Waals surface area contributed by atoms with Gasteiger partial charge in [0.25, 0.3) is 5.91 Å². The van der Waals surface area contributed by atoms with E-state index in [4.69, 9.17) is 10.1 Å². The Morgan fingerprint density at radius 1 is 1.18 bits per heavy atom. The largest absolute Gasteiger partial charge is 0.481 e. The van der Waals surface area contributed by atoms with Gasteiger partial charge in [-0.25, -0.2) is 15.0 Å². The maximum Gasteiger partial charge on any atom is 0.304 e. The summed E-state index contributed by atoms with van der Waals surface area (Å²) >= 11 is 6.70. The van der Waals surface area contributed by atoms with Crippen molar-refractivity contribution < 1.29 is 14.7 Å². The monoisotopic (exact) mass is 633 g/mol. The zero-order valence-electron chi connectivity index (χ0n) is 22.0. The first-order chi connectivity index (χ1) is 18.8. The predicted molar refractivity (Wildman–Crippen MR) is 158 cm³/mol. The van der Waals surface area contributed by atoms with E-state index in [-0.39, 0.29) is 24.1 Å². The minimum Gasteiger partial charge on any atom is -0.481 e. The van der Waals surface area contributed by atoms with Crippen molar-refractivity contribution in [1.82, 2.24) is 24.8 Å². The van der Waals surface area contributed by atoms with Gasteiger partial charge in [0, 0.05) is 59.5 Å². The quantitative estimate of drug-likeness (QED) is 0.347. The smallest absolute Gasteiger partial charge is 0.304 e. The van der Waals surface area contributed by atoms with Gasteiger partial charge < -0.3 is 10.0 Å². The van der Waals surface area contributed by atoms with Crippen molar-refractivity contribution in [2.45, 2.75) is 51.7 Å². The van der Waals surface area contributed by atoms with Crippen LogP contribution in [0.3, 0.4) is 0 Å². The van der Waals surface area contributed by atoms with Gasteiger partial charge in [-0.15, -0.1) is 11.3 Å². The van der Waals surface area contributed by atoms with Crippen LogP contribution in [0.4, 0.5) is 10.9 Å². The van der Waals surface area contributed by atoms with Gasteiger partial charge in [-0.05, 0) is 55.2 Å². The molecule has 208 valence electrons. The number of carboxylic acid groups (broad SMARTS) is 1. The first-order valence-corrected chi connectivity index (χ1v) is 15.6. The number of carbonyl (C=O) groups is 2. The maximum atomic E-state index is 13.1. The van der Waals surface area contributed by atoms with Crippen molar-refractivity contribution in [3.8, 4) is 10.6 Å². The summed E-state index contributed by atoms with van der Waals surface area (Å²) in [7, 11) is 0. The molecule has 2 saturated heterocycles. The molecule has 0 saturated carbocycles. The number of aromatic nitrogens is 3. The Morgan fingerprint density at radius 3 is 2.67 bits per heavy atom. The minimum absolute atomic E-state index is 0.140. The summed E-state index contributed by atoms with van der Waals surface area (Å²) in [5.41, 5.74) is 1.15. The first-order valence-electron chi connectivity index (χ1n) is 13.1. The lowest BCUT2D eigenvalue weighted by Gasteiger charge is -2.40. The number of thiophene rings is 1. The molecule has 2 aliphatic heterocycles. The van der Waals surface area contributed by atoms with E-state index in [2.05, 4.69) is 65.8 Å². The highest BCUT2D eigenvalue weighted by Crippen LogP contribution is 2.38. The number of hydrogen-bond donors (Lipinski definition) is 2. The second-order valence-electron chi connectivity index (χ2n) is 10.1. The number of halogens is 1. The van der Waals surface area contributed by atoms with Gasteiger partial charge in [0.05, 0.1) is 29.4 Å². The van der Waals surface area contributed by atoms with Crippen molar-refractivity contribution in [3.63, 3.8) is 0 Å². The van der Waals surface area contributed by atoms with Crippen molar-refractivity contribution >= 4 is 61.4 Å². The number of thiazole rings is 1. The second kappa shape index (κ2) is 12.4. The van der Waals surface area contributed by atoms with Gasteiger partial charge in [-0.1, -0.05) is 11.3 Å². The molecule has 1 amide bonds. The first kappa shape index (κ1) is 28.1. The summed E-state index contributed by atoms with van der Waals surface area (Å²) in [6.45, 7) is 9.01. The third-order valence-electron chi connectivity index (χ3n) is 7.27. The van der Waals surface area contributed by atoms with Crippen LogP contribution in [0.5, 0.6) is 0 Å². The number of aliphatic carboxylic acids is 1. The van der Waals surface area contributed by atoms with Gasteiger partial charge in [0.15, 0.2) is 5.13 Å². The van der Waals surface area contributed by atoms with E-state index in [0.29, 0.717) is 23.5 Å². The molecule has 13 heteroatoms. The third kappa shape index (κ3) is 6.83. The van der Waals surface area contributed by atoms with Crippen LogP contribution < -0.4 is 10.2 Å². The molecule has 0 radical (unpaired) electrons. The van der Waals surface area contributed by atoms with Crippen molar-refractivity contribution in [3.05, 3.63) is 38.9 Å². The molecule has 0 aliphatic carbocycles. The fourth-order valence-corrected chi connectivity index (χ4v) is 7.64. The van der Waals surface area contributed by atoms with E-state index >= 15 is 0 Å². The number of likely N-dealkylation sites (tertiary alicyclic amines) is 1. The Bertz CT molecular complexity index is 1320. The number of hydrogen-bond acceptors (Lipinski definition) is 10. The number of nitrogens with one attached hydrogen (secondary N) is 1. The summed E-state index contributed by atoms with van der Waals surface area (Å²) in [5.74, 6) is -0.413. The zero-order chi connectivity index (χ0) is 27.5.